The highest BCUT2D eigenvalue weighted by Gasteiger charge is 2.28. The minimum absolute atomic E-state index is 0.0274. The third-order valence-corrected chi connectivity index (χ3v) is 4.34. The highest BCUT2D eigenvalue weighted by Crippen LogP contribution is 2.27. The maximum atomic E-state index is 12.6. The fourth-order valence-electron chi connectivity index (χ4n) is 2.89. The van der Waals surface area contributed by atoms with Crippen molar-refractivity contribution in [3.8, 4) is 0 Å². The van der Waals surface area contributed by atoms with Gasteiger partial charge in [-0.05, 0) is 37.3 Å². The van der Waals surface area contributed by atoms with Crippen molar-refractivity contribution >= 4 is 11.7 Å². The van der Waals surface area contributed by atoms with E-state index in [4.69, 9.17) is 10.9 Å². The molecule has 1 aliphatic carbocycles. The number of hydrogen-bond acceptors (Lipinski definition) is 3. The zero-order valence-electron chi connectivity index (χ0n) is 12.6. The predicted molar refractivity (Wildman–Crippen MR) is 82.2 cm³/mol. The van der Waals surface area contributed by atoms with E-state index in [0.29, 0.717) is 6.42 Å². The van der Waals surface area contributed by atoms with Gasteiger partial charge in [-0.2, -0.15) is 0 Å². The molecule has 114 valence electrons. The first-order valence-electron chi connectivity index (χ1n) is 7.32. The van der Waals surface area contributed by atoms with Gasteiger partial charge in [0.2, 0.25) is 5.91 Å². The number of amides is 1. The Labute approximate surface area is 125 Å². The van der Waals surface area contributed by atoms with Crippen LogP contribution >= 0.6 is 0 Å². The SMILES string of the molecule is CC(C/C(N)=N/O)N(C)C(=O)C1CCc2ccccc2C1. The molecule has 5 nitrogen and oxygen atoms in total. The number of rotatable bonds is 4. The van der Waals surface area contributed by atoms with E-state index in [2.05, 4.69) is 17.3 Å². The minimum atomic E-state index is -0.0782. The second-order valence-corrected chi connectivity index (χ2v) is 5.80. The summed E-state index contributed by atoms with van der Waals surface area (Å²) in [6.07, 6.45) is 3.02. The Morgan fingerprint density at radius 2 is 2.14 bits per heavy atom. The zero-order chi connectivity index (χ0) is 15.4. The van der Waals surface area contributed by atoms with Crippen LogP contribution in [0.4, 0.5) is 0 Å². The van der Waals surface area contributed by atoms with Crippen LogP contribution in [0.25, 0.3) is 0 Å². The van der Waals surface area contributed by atoms with Gasteiger partial charge < -0.3 is 15.8 Å². The van der Waals surface area contributed by atoms with Gasteiger partial charge in [0.15, 0.2) is 0 Å². The molecule has 0 fully saturated rings. The standard InChI is InChI=1S/C16H23N3O2/c1-11(9-15(17)18-21)19(2)16(20)14-8-7-12-5-3-4-6-13(12)10-14/h3-6,11,14,21H,7-10H2,1-2H3,(H2,17,18). The van der Waals surface area contributed by atoms with Gasteiger partial charge >= 0.3 is 0 Å². The van der Waals surface area contributed by atoms with Crippen molar-refractivity contribution in [3.05, 3.63) is 35.4 Å². The van der Waals surface area contributed by atoms with Gasteiger partial charge in [0.05, 0.1) is 0 Å². The fourth-order valence-corrected chi connectivity index (χ4v) is 2.89. The lowest BCUT2D eigenvalue weighted by Gasteiger charge is -2.31. The van der Waals surface area contributed by atoms with Crippen LogP contribution in [0.3, 0.4) is 0 Å². The van der Waals surface area contributed by atoms with Gasteiger partial charge in [0.25, 0.3) is 0 Å². The van der Waals surface area contributed by atoms with Crippen LogP contribution < -0.4 is 5.73 Å². The summed E-state index contributed by atoms with van der Waals surface area (Å²) < 4.78 is 0. The number of benzene rings is 1. The van der Waals surface area contributed by atoms with Crippen molar-refractivity contribution in [2.24, 2.45) is 16.8 Å². The highest BCUT2D eigenvalue weighted by molar-refractivity contribution is 5.83. The van der Waals surface area contributed by atoms with Crippen molar-refractivity contribution in [1.29, 1.82) is 0 Å². The number of carbonyl (C=O) groups is 1. The second kappa shape index (κ2) is 6.61. The first-order chi connectivity index (χ1) is 10.0. The van der Waals surface area contributed by atoms with E-state index in [1.807, 2.05) is 19.1 Å². The van der Waals surface area contributed by atoms with E-state index in [0.717, 1.165) is 19.3 Å². The largest absolute Gasteiger partial charge is 0.409 e. The molecule has 1 aromatic carbocycles. The van der Waals surface area contributed by atoms with Gasteiger partial charge in [-0.1, -0.05) is 29.4 Å². The van der Waals surface area contributed by atoms with Crippen molar-refractivity contribution in [2.45, 2.75) is 38.6 Å². The van der Waals surface area contributed by atoms with Crippen molar-refractivity contribution in [1.82, 2.24) is 4.90 Å². The second-order valence-electron chi connectivity index (χ2n) is 5.80. The fraction of sp³-hybridized carbons (Fsp3) is 0.500. The zero-order valence-corrected chi connectivity index (χ0v) is 12.6. The molecule has 0 heterocycles. The average molecular weight is 289 g/mol. The van der Waals surface area contributed by atoms with Crippen LogP contribution in [0, 0.1) is 5.92 Å². The van der Waals surface area contributed by atoms with Gasteiger partial charge in [-0.15, -0.1) is 0 Å². The molecule has 1 amide bonds. The van der Waals surface area contributed by atoms with Crippen LogP contribution in [-0.4, -0.2) is 34.9 Å². The highest BCUT2D eigenvalue weighted by atomic mass is 16.4. The van der Waals surface area contributed by atoms with Crippen LogP contribution in [0.1, 0.15) is 30.9 Å². The van der Waals surface area contributed by atoms with E-state index in [1.54, 1.807) is 11.9 Å². The molecule has 0 aliphatic heterocycles. The van der Waals surface area contributed by atoms with Crippen molar-refractivity contribution in [2.75, 3.05) is 7.05 Å². The Balaban J connectivity index is 2.01. The Morgan fingerprint density at radius 3 is 2.81 bits per heavy atom. The summed E-state index contributed by atoms with van der Waals surface area (Å²) in [5.74, 6) is 0.318. The van der Waals surface area contributed by atoms with E-state index in [9.17, 15) is 4.79 Å². The van der Waals surface area contributed by atoms with E-state index in [-0.39, 0.29) is 23.7 Å². The summed E-state index contributed by atoms with van der Waals surface area (Å²) >= 11 is 0. The first-order valence-corrected chi connectivity index (χ1v) is 7.32. The van der Waals surface area contributed by atoms with Crippen LogP contribution in [0.15, 0.2) is 29.4 Å². The molecule has 3 N–H and O–H groups in total. The smallest absolute Gasteiger partial charge is 0.226 e. The molecule has 1 aliphatic rings. The summed E-state index contributed by atoms with van der Waals surface area (Å²) in [5, 5.41) is 11.6. The third-order valence-electron chi connectivity index (χ3n) is 4.34. The monoisotopic (exact) mass is 289 g/mol. The molecule has 2 rings (SSSR count). The first kappa shape index (κ1) is 15.4. The number of fused-ring (bicyclic) bond motifs is 1. The number of carbonyl (C=O) groups excluding carboxylic acids is 1. The normalized spacial score (nSPS) is 19.7. The molecule has 0 saturated carbocycles. The maximum absolute atomic E-state index is 12.6. The number of oxime groups is 1. The van der Waals surface area contributed by atoms with Crippen LogP contribution in [0.5, 0.6) is 0 Å². The lowest BCUT2D eigenvalue weighted by Crippen LogP contribution is -2.42. The topological polar surface area (TPSA) is 78.9 Å². The lowest BCUT2D eigenvalue weighted by molar-refractivity contribution is -0.136. The lowest BCUT2D eigenvalue weighted by atomic mass is 9.83. The molecule has 2 atom stereocenters. The molecule has 0 radical (unpaired) electrons. The Hall–Kier alpha value is -2.04. The van der Waals surface area contributed by atoms with Gasteiger partial charge in [0.1, 0.15) is 5.84 Å². The van der Waals surface area contributed by atoms with Crippen LogP contribution in [0.2, 0.25) is 0 Å². The number of amidine groups is 1. The minimum Gasteiger partial charge on any atom is -0.409 e. The molecule has 0 saturated heterocycles. The molecule has 0 spiro atoms. The summed E-state index contributed by atoms with van der Waals surface area (Å²) in [5.41, 5.74) is 8.15. The summed E-state index contributed by atoms with van der Waals surface area (Å²) in [6, 6.07) is 8.24. The molecule has 0 aromatic heterocycles. The van der Waals surface area contributed by atoms with Crippen molar-refractivity contribution in [3.63, 3.8) is 0 Å². The number of hydrogen-bond donors (Lipinski definition) is 2. The Morgan fingerprint density at radius 1 is 1.48 bits per heavy atom. The Kier molecular flexibility index (Phi) is 4.83. The summed E-state index contributed by atoms with van der Waals surface area (Å²) in [4.78, 5) is 14.3. The summed E-state index contributed by atoms with van der Waals surface area (Å²) in [6.45, 7) is 1.91. The number of nitrogens with zero attached hydrogens (tertiary/aromatic N) is 2. The van der Waals surface area contributed by atoms with Gasteiger partial charge in [-0.3, -0.25) is 4.79 Å². The Bertz CT molecular complexity index is 542. The molecular formula is C16H23N3O2. The van der Waals surface area contributed by atoms with Crippen molar-refractivity contribution < 1.29 is 10.0 Å². The van der Waals surface area contributed by atoms with Gasteiger partial charge in [0, 0.05) is 25.4 Å². The maximum Gasteiger partial charge on any atom is 0.226 e. The molecule has 21 heavy (non-hydrogen) atoms. The number of nitrogens with two attached hydrogens (primary N) is 1. The van der Waals surface area contributed by atoms with E-state index in [1.165, 1.54) is 11.1 Å². The average Bonchev–Trinajstić information content (AvgIpc) is 2.52. The third kappa shape index (κ3) is 3.54. The van der Waals surface area contributed by atoms with E-state index >= 15 is 0 Å². The molecule has 2 unspecified atom stereocenters. The quantitative estimate of drug-likeness (QED) is 0.384. The van der Waals surface area contributed by atoms with E-state index < -0.39 is 0 Å². The molecule has 5 heteroatoms. The van der Waals surface area contributed by atoms with Gasteiger partial charge in [-0.25, -0.2) is 0 Å². The molecule has 0 bridgehead atoms. The summed E-state index contributed by atoms with van der Waals surface area (Å²) in [7, 11) is 1.79. The molecule has 1 aromatic rings. The molecular weight excluding hydrogens is 266 g/mol. The predicted octanol–water partition coefficient (Wildman–Crippen LogP) is 1.77. The van der Waals surface area contributed by atoms with Crippen LogP contribution in [-0.2, 0) is 17.6 Å². The number of aryl methyl sites for hydroxylation is 1.